The molecule has 3 aromatic rings. The molecule has 0 spiro atoms. The van der Waals surface area contributed by atoms with Gasteiger partial charge < -0.3 is 5.32 Å². The van der Waals surface area contributed by atoms with Crippen molar-refractivity contribution in [2.24, 2.45) is 0 Å². The van der Waals surface area contributed by atoms with Crippen LogP contribution in [-0.4, -0.2) is 15.7 Å². The lowest BCUT2D eigenvalue weighted by Crippen LogP contribution is -2.24. The Morgan fingerprint density at radius 2 is 1.85 bits per heavy atom. The summed E-state index contributed by atoms with van der Waals surface area (Å²) in [4.78, 5) is 12.2. The van der Waals surface area contributed by atoms with Crippen molar-refractivity contribution in [1.29, 1.82) is 0 Å². The summed E-state index contributed by atoms with van der Waals surface area (Å²) in [6, 6.07) is 12.7. The quantitative estimate of drug-likeness (QED) is 0.758. The van der Waals surface area contributed by atoms with Crippen molar-refractivity contribution in [2.45, 2.75) is 26.9 Å². The minimum atomic E-state index is -0.753. The van der Waals surface area contributed by atoms with Gasteiger partial charge in [0.25, 0.3) is 5.91 Å². The number of halogens is 2. The predicted molar refractivity (Wildman–Crippen MR) is 94.8 cm³/mol. The van der Waals surface area contributed by atoms with Crippen molar-refractivity contribution >= 4 is 5.91 Å². The van der Waals surface area contributed by atoms with Crippen molar-refractivity contribution in [3.63, 3.8) is 0 Å². The van der Waals surface area contributed by atoms with Crippen molar-refractivity contribution in [1.82, 2.24) is 15.1 Å². The van der Waals surface area contributed by atoms with Gasteiger partial charge in [0.15, 0.2) is 0 Å². The van der Waals surface area contributed by atoms with E-state index in [0.717, 1.165) is 40.7 Å². The van der Waals surface area contributed by atoms with Crippen LogP contribution in [0.5, 0.6) is 0 Å². The van der Waals surface area contributed by atoms with Gasteiger partial charge in [-0.2, -0.15) is 5.10 Å². The molecular weight excluding hydrogens is 336 g/mol. The van der Waals surface area contributed by atoms with E-state index in [1.807, 2.05) is 48.9 Å². The van der Waals surface area contributed by atoms with Crippen LogP contribution >= 0.6 is 0 Å². The fourth-order valence-electron chi connectivity index (χ4n) is 2.84. The number of benzene rings is 2. The molecule has 3 rings (SSSR count). The fraction of sp³-hybridized carbons (Fsp3) is 0.200. The Kier molecular flexibility index (Phi) is 5.11. The molecule has 0 saturated carbocycles. The first-order chi connectivity index (χ1) is 12.5. The van der Waals surface area contributed by atoms with E-state index in [4.69, 9.17) is 0 Å². The number of hydrogen-bond acceptors (Lipinski definition) is 2. The molecule has 1 amide bonds. The zero-order valence-corrected chi connectivity index (χ0v) is 14.6. The molecule has 0 aliphatic rings. The lowest BCUT2D eigenvalue weighted by Gasteiger charge is -2.08. The Morgan fingerprint density at radius 3 is 2.58 bits per heavy atom. The first kappa shape index (κ1) is 17.8. The summed E-state index contributed by atoms with van der Waals surface area (Å²) in [7, 11) is 0. The number of amides is 1. The predicted octanol–water partition coefficient (Wildman–Crippen LogP) is 3.76. The molecule has 0 atom stereocenters. The number of nitrogens with one attached hydrogen (secondary N) is 1. The monoisotopic (exact) mass is 355 g/mol. The van der Waals surface area contributed by atoms with Crippen LogP contribution in [0.3, 0.4) is 0 Å². The number of carbonyl (C=O) groups excluding carboxylic acids is 1. The van der Waals surface area contributed by atoms with Gasteiger partial charge in [-0.1, -0.05) is 30.3 Å². The van der Waals surface area contributed by atoms with Crippen LogP contribution in [-0.2, 0) is 13.1 Å². The summed E-state index contributed by atoms with van der Waals surface area (Å²) in [6.45, 7) is 4.60. The zero-order valence-electron chi connectivity index (χ0n) is 14.6. The molecule has 0 aliphatic heterocycles. The minimum absolute atomic E-state index is 0.196. The van der Waals surface area contributed by atoms with Gasteiger partial charge >= 0.3 is 0 Å². The SMILES string of the molecule is Cc1nn(Cc2ccccc2)c(C)c1CNC(=O)c1cc(F)ccc1F. The molecule has 1 N–H and O–H groups in total. The average Bonchev–Trinajstić information content (AvgIpc) is 2.89. The highest BCUT2D eigenvalue weighted by Gasteiger charge is 2.16. The summed E-state index contributed by atoms with van der Waals surface area (Å²) < 4.78 is 28.8. The third-order valence-corrected chi connectivity index (χ3v) is 4.31. The van der Waals surface area contributed by atoms with E-state index < -0.39 is 17.5 Å². The molecule has 6 heteroatoms. The molecule has 0 fully saturated rings. The number of aromatic nitrogens is 2. The summed E-state index contributed by atoms with van der Waals surface area (Å²) in [6.07, 6.45) is 0. The van der Waals surface area contributed by atoms with Crippen molar-refractivity contribution in [3.8, 4) is 0 Å². The van der Waals surface area contributed by atoms with E-state index in [2.05, 4.69) is 10.4 Å². The molecule has 2 aromatic carbocycles. The second kappa shape index (κ2) is 7.47. The maximum atomic E-state index is 13.7. The fourth-order valence-corrected chi connectivity index (χ4v) is 2.84. The van der Waals surface area contributed by atoms with Gasteiger partial charge in [0, 0.05) is 17.8 Å². The molecule has 134 valence electrons. The summed E-state index contributed by atoms with van der Waals surface area (Å²) >= 11 is 0. The number of rotatable bonds is 5. The third-order valence-electron chi connectivity index (χ3n) is 4.31. The van der Waals surface area contributed by atoms with E-state index >= 15 is 0 Å². The van der Waals surface area contributed by atoms with E-state index in [-0.39, 0.29) is 12.1 Å². The maximum Gasteiger partial charge on any atom is 0.254 e. The van der Waals surface area contributed by atoms with Crippen molar-refractivity contribution < 1.29 is 13.6 Å². The second-order valence-electron chi connectivity index (χ2n) is 6.10. The van der Waals surface area contributed by atoms with Crippen LogP contribution in [0.1, 0.15) is 32.9 Å². The molecular formula is C20H19F2N3O. The Labute approximate surface area is 150 Å². The molecule has 1 aromatic heterocycles. The number of aryl methyl sites for hydroxylation is 1. The van der Waals surface area contributed by atoms with E-state index in [1.165, 1.54) is 0 Å². The minimum Gasteiger partial charge on any atom is -0.348 e. The van der Waals surface area contributed by atoms with Crippen LogP contribution in [0.25, 0.3) is 0 Å². The van der Waals surface area contributed by atoms with Crippen LogP contribution in [0.15, 0.2) is 48.5 Å². The van der Waals surface area contributed by atoms with Gasteiger partial charge in [-0.05, 0) is 37.6 Å². The maximum absolute atomic E-state index is 13.7. The molecule has 26 heavy (non-hydrogen) atoms. The molecule has 1 heterocycles. The Morgan fingerprint density at radius 1 is 1.12 bits per heavy atom. The highest BCUT2D eigenvalue weighted by Crippen LogP contribution is 2.16. The van der Waals surface area contributed by atoms with Gasteiger partial charge in [-0.25, -0.2) is 8.78 Å². The average molecular weight is 355 g/mol. The third kappa shape index (κ3) is 3.79. The highest BCUT2D eigenvalue weighted by molar-refractivity contribution is 5.94. The molecule has 0 bridgehead atoms. The first-order valence-electron chi connectivity index (χ1n) is 8.25. The standard InChI is InChI=1S/C20H19F2N3O/c1-13-18(11-23-20(26)17-10-16(21)8-9-19(17)22)14(2)25(24-13)12-15-6-4-3-5-7-15/h3-10H,11-12H2,1-2H3,(H,23,26). The smallest absolute Gasteiger partial charge is 0.254 e. The Balaban J connectivity index is 1.74. The summed E-state index contributed by atoms with van der Waals surface area (Å²) in [5.41, 5.74) is 3.39. The molecule has 0 saturated heterocycles. The molecule has 0 unspecified atom stereocenters. The van der Waals surface area contributed by atoms with Gasteiger partial charge in [-0.3, -0.25) is 9.48 Å². The van der Waals surface area contributed by atoms with Crippen LogP contribution < -0.4 is 5.32 Å². The van der Waals surface area contributed by atoms with E-state index in [9.17, 15) is 13.6 Å². The molecule has 4 nitrogen and oxygen atoms in total. The number of hydrogen-bond donors (Lipinski definition) is 1. The van der Waals surface area contributed by atoms with Crippen molar-refractivity contribution in [3.05, 3.63) is 88.2 Å². The van der Waals surface area contributed by atoms with Gasteiger partial charge in [-0.15, -0.1) is 0 Å². The topological polar surface area (TPSA) is 46.9 Å². The molecule has 0 radical (unpaired) electrons. The normalized spacial score (nSPS) is 10.8. The van der Waals surface area contributed by atoms with Crippen LogP contribution in [0.4, 0.5) is 8.78 Å². The highest BCUT2D eigenvalue weighted by atomic mass is 19.1. The lowest BCUT2D eigenvalue weighted by molar-refractivity contribution is 0.0946. The number of nitrogens with zero attached hydrogens (tertiary/aromatic N) is 2. The largest absolute Gasteiger partial charge is 0.348 e. The van der Waals surface area contributed by atoms with Gasteiger partial charge in [0.05, 0.1) is 17.8 Å². The van der Waals surface area contributed by atoms with Crippen molar-refractivity contribution in [2.75, 3.05) is 0 Å². The lowest BCUT2D eigenvalue weighted by atomic mass is 10.1. The Hall–Kier alpha value is -3.02. The second-order valence-corrected chi connectivity index (χ2v) is 6.10. The van der Waals surface area contributed by atoms with E-state index in [0.29, 0.717) is 6.54 Å². The van der Waals surface area contributed by atoms with Gasteiger partial charge in [0.1, 0.15) is 11.6 Å². The van der Waals surface area contributed by atoms with Crippen LogP contribution in [0.2, 0.25) is 0 Å². The van der Waals surface area contributed by atoms with Gasteiger partial charge in [0.2, 0.25) is 0 Å². The number of carbonyl (C=O) groups is 1. The summed E-state index contributed by atoms with van der Waals surface area (Å²) in [5.74, 6) is -2.06. The van der Waals surface area contributed by atoms with Crippen LogP contribution in [0, 0.1) is 25.5 Å². The zero-order chi connectivity index (χ0) is 18.7. The Bertz CT molecular complexity index is 936. The first-order valence-corrected chi connectivity index (χ1v) is 8.25. The molecule has 0 aliphatic carbocycles. The van der Waals surface area contributed by atoms with E-state index in [1.54, 1.807) is 0 Å². The summed E-state index contributed by atoms with van der Waals surface area (Å²) in [5, 5.41) is 7.16.